The third-order valence-corrected chi connectivity index (χ3v) is 3.56. The molecular formula is C11H14F2O3. The standard InChI is InChI=1S/C11H14F2O3/c1-2-11(12,13)10(15)16-9-7-4-3-6(5-7)8(9)14/h6-7,9H,2-5H2,1H3. The van der Waals surface area contributed by atoms with E-state index in [-0.39, 0.29) is 17.6 Å². The van der Waals surface area contributed by atoms with E-state index in [2.05, 4.69) is 4.74 Å². The van der Waals surface area contributed by atoms with E-state index in [4.69, 9.17) is 0 Å². The van der Waals surface area contributed by atoms with E-state index >= 15 is 0 Å². The molecule has 2 saturated carbocycles. The van der Waals surface area contributed by atoms with Crippen molar-refractivity contribution in [2.45, 2.75) is 44.6 Å². The number of carbonyl (C=O) groups is 2. The van der Waals surface area contributed by atoms with Crippen LogP contribution in [-0.4, -0.2) is 23.8 Å². The molecule has 90 valence electrons. The molecule has 3 nitrogen and oxygen atoms in total. The summed E-state index contributed by atoms with van der Waals surface area (Å²) in [7, 11) is 0. The van der Waals surface area contributed by atoms with Crippen molar-refractivity contribution in [1.82, 2.24) is 0 Å². The number of alkyl halides is 2. The van der Waals surface area contributed by atoms with Gasteiger partial charge in [0.1, 0.15) is 0 Å². The molecule has 3 atom stereocenters. The van der Waals surface area contributed by atoms with Crippen LogP contribution in [-0.2, 0) is 14.3 Å². The molecule has 2 aliphatic rings. The lowest BCUT2D eigenvalue weighted by Gasteiger charge is -2.22. The summed E-state index contributed by atoms with van der Waals surface area (Å²) in [4.78, 5) is 22.7. The summed E-state index contributed by atoms with van der Waals surface area (Å²) in [6.45, 7) is 1.21. The number of Topliss-reactive ketones (excluding diaryl/α,β-unsaturated/α-hetero) is 1. The zero-order valence-electron chi connectivity index (χ0n) is 9.04. The number of carbonyl (C=O) groups excluding carboxylic acids is 2. The number of hydrogen-bond donors (Lipinski definition) is 0. The summed E-state index contributed by atoms with van der Waals surface area (Å²) in [6, 6.07) is 0. The molecule has 0 aromatic carbocycles. The first-order valence-corrected chi connectivity index (χ1v) is 5.58. The molecule has 0 radical (unpaired) electrons. The molecule has 0 saturated heterocycles. The lowest BCUT2D eigenvalue weighted by molar-refractivity contribution is -0.182. The lowest BCUT2D eigenvalue weighted by Crippen LogP contribution is -2.39. The van der Waals surface area contributed by atoms with Crippen molar-refractivity contribution in [3.8, 4) is 0 Å². The van der Waals surface area contributed by atoms with Gasteiger partial charge in [0.05, 0.1) is 0 Å². The predicted molar refractivity (Wildman–Crippen MR) is 51.0 cm³/mol. The number of ether oxygens (including phenoxy) is 1. The summed E-state index contributed by atoms with van der Waals surface area (Å²) < 4.78 is 30.6. The van der Waals surface area contributed by atoms with Gasteiger partial charge in [0.15, 0.2) is 11.9 Å². The SMILES string of the molecule is CCC(F)(F)C(=O)OC1C(=O)C2CCC1C2. The van der Waals surface area contributed by atoms with Crippen LogP contribution in [0.5, 0.6) is 0 Å². The maximum Gasteiger partial charge on any atom is 0.377 e. The summed E-state index contributed by atoms with van der Waals surface area (Å²) in [5.41, 5.74) is 0. The van der Waals surface area contributed by atoms with E-state index < -0.39 is 24.4 Å². The average Bonchev–Trinajstić information content (AvgIpc) is 2.82. The van der Waals surface area contributed by atoms with Gasteiger partial charge in [-0.25, -0.2) is 4.79 Å². The summed E-state index contributed by atoms with van der Waals surface area (Å²) >= 11 is 0. The van der Waals surface area contributed by atoms with E-state index in [9.17, 15) is 18.4 Å². The van der Waals surface area contributed by atoms with E-state index in [1.54, 1.807) is 0 Å². The molecular weight excluding hydrogens is 218 g/mol. The Labute approximate surface area is 92.1 Å². The largest absolute Gasteiger partial charge is 0.450 e. The molecule has 0 heterocycles. The van der Waals surface area contributed by atoms with Crippen molar-refractivity contribution >= 4 is 11.8 Å². The van der Waals surface area contributed by atoms with Gasteiger partial charge in [0.25, 0.3) is 0 Å². The molecule has 0 spiro atoms. The quantitative estimate of drug-likeness (QED) is 0.698. The van der Waals surface area contributed by atoms with Gasteiger partial charge in [0.2, 0.25) is 0 Å². The first kappa shape index (κ1) is 11.5. The number of ketones is 1. The zero-order chi connectivity index (χ0) is 11.9. The molecule has 2 aliphatic carbocycles. The fourth-order valence-corrected chi connectivity index (χ4v) is 2.51. The fourth-order valence-electron chi connectivity index (χ4n) is 2.51. The molecule has 16 heavy (non-hydrogen) atoms. The number of rotatable bonds is 3. The minimum absolute atomic E-state index is 0.0332. The Morgan fingerprint density at radius 2 is 2.19 bits per heavy atom. The predicted octanol–water partition coefficient (Wildman–Crippen LogP) is 1.94. The van der Waals surface area contributed by atoms with Crippen LogP contribution in [0.15, 0.2) is 0 Å². The Morgan fingerprint density at radius 1 is 1.50 bits per heavy atom. The van der Waals surface area contributed by atoms with Crippen LogP contribution >= 0.6 is 0 Å². The molecule has 2 bridgehead atoms. The zero-order valence-corrected chi connectivity index (χ0v) is 9.04. The molecule has 3 unspecified atom stereocenters. The highest BCUT2D eigenvalue weighted by Gasteiger charge is 2.51. The Bertz CT molecular complexity index is 327. The van der Waals surface area contributed by atoms with E-state index in [1.165, 1.54) is 6.92 Å². The topological polar surface area (TPSA) is 43.4 Å². The van der Waals surface area contributed by atoms with Gasteiger partial charge in [-0.2, -0.15) is 8.78 Å². The Kier molecular flexibility index (Phi) is 2.72. The summed E-state index contributed by atoms with van der Waals surface area (Å²) in [5, 5.41) is 0. The van der Waals surface area contributed by atoms with Gasteiger partial charge in [-0.3, -0.25) is 4.79 Å². The van der Waals surface area contributed by atoms with Gasteiger partial charge in [-0.15, -0.1) is 0 Å². The molecule has 0 aliphatic heterocycles. The van der Waals surface area contributed by atoms with Gasteiger partial charge in [-0.05, 0) is 19.3 Å². The van der Waals surface area contributed by atoms with Crippen LogP contribution in [0.1, 0.15) is 32.6 Å². The monoisotopic (exact) mass is 232 g/mol. The third kappa shape index (κ3) is 1.72. The van der Waals surface area contributed by atoms with Crippen molar-refractivity contribution in [3.05, 3.63) is 0 Å². The van der Waals surface area contributed by atoms with Crippen molar-refractivity contribution < 1.29 is 23.1 Å². The Balaban J connectivity index is 2.01. The van der Waals surface area contributed by atoms with Crippen LogP contribution in [0.3, 0.4) is 0 Å². The average molecular weight is 232 g/mol. The summed E-state index contributed by atoms with van der Waals surface area (Å²) in [6.07, 6.45) is 0.784. The van der Waals surface area contributed by atoms with Crippen molar-refractivity contribution in [2.24, 2.45) is 11.8 Å². The Morgan fingerprint density at radius 3 is 2.69 bits per heavy atom. The van der Waals surface area contributed by atoms with Crippen molar-refractivity contribution in [1.29, 1.82) is 0 Å². The maximum atomic E-state index is 13.0. The first-order valence-electron chi connectivity index (χ1n) is 5.58. The van der Waals surface area contributed by atoms with Crippen LogP contribution in [0.2, 0.25) is 0 Å². The highest BCUT2D eigenvalue weighted by atomic mass is 19.3. The lowest BCUT2D eigenvalue weighted by atomic mass is 9.96. The molecule has 5 heteroatoms. The van der Waals surface area contributed by atoms with Crippen molar-refractivity contribution in [2.75, 3.05) is 0 Å². The second kappa shape index (κ2) is 3.79. The molecule has 2 fully saturated rings. The minimum Gasteiger partial charge on any atom is -0.450 e. The normalized spacial score (nSPS) is 33.2. The van der Waals surface area contributed by atoms with E-state index in [0.29, 0.717) is 6.42 Å². The number of fused-ring (bicyclic) bond motifs is 2. The highest BCUT2D eigenvalue weighted by molar-refractivity contribution is 5.91. The van der Waals surface area contributed by atoms with E-state index in [0.717, 1.165) is 12.8 Å². The molecule has 0 N–H and O–H groups in total. The van der Waals surface area contributed by atoms with Crippen LogP contribution in [0.4, 0.5) is 8.78 Å². The van der Waals surface area contributed by atoms with Gasteiger partial charge < -0.3 is 4.74 Å². The van der Waals surface area contributed by atoms with Crippen LogP contribution in [0, 0.1) is 11.8 Å². The number of esters is 1. The third-order valence-electron chi connectivity index (χ3n) is 3.56. The Hall–Kier alpha value is -1.00. The molecule has 0 amide bonds. The van der Waals surface area contributed by atoms with Crippen LogP contribution < -0.4 is 0 Å². The summed E-state index contributed by atoms with van der Waals surface area (Å²) in [5.74, 6) is -5.30. The van der Waals surface area contributed by atoms with Crippen LogP contribution in [0.25, 0.3) is 0 Å². The smallest absolute Gasteiger partial charge is 0.377 e. The first-order chi connectivity index (χ1) is 7.45. The second-order valence-corrected chi connectivity index (χ2v) is 4.56. The number of hydrogen-bond acceptors (Lipinski definition) is 3. The van der Waals surface area contributed by atoms with Crippen molar-refractivity contribution in [3.63, 3.8) is 0 Å². The van der Waals surface area contributed by atoms with E-state index in [1.807, 2.05) is 0 Å². The second-order valence-electron chi connectivity index (χ2n) is 4.56. The van der Waals surface area contributed by atoms with Gasteiger partial charge in [-0.1, -0.05) is 6.92 Å². The van der Waals surface area contributed by atoms with Gasteiger partial charge >= 0.3 is 11.9 Å². The molecule has 2 rings (SSSR count). The fraction of sp³-hybridized carbons (Fsp3) is 0.818. The molecule has 0 aromatic rings. The van der Waals surface area contributed by atoms with Gasteiger partial charge in [0, 0.05) is 18.3 Å². The maximum absolute atomic E-state index is 13.0. The highest BCUT2D eigenvalue weighted by Crippen LogP contribution is 2.44. The molecule has 0 aromatic heterocycles. The number of halogens is 2. The minimum atomic E-state index is -3.47.